The highest BCUT2D eigenvalue weighted by atomic mass is 35.5. The molecule has 108 valence electrons. The van der Waals surface area contributed by atoms with E-state index in [1.165, 1.54) is 0 Å². The van der Waals surface area contributed by atoms with Gasteiger partial charge in [0.2, 0.25) is 0 Å². The second-order valence-corrected chi connectivity index (χ2v) is 5.50. The number of rotatable bonds is 8. The number of ether oxygens (including phenoxy) is 1. The fourth-order valence-corrected chi connectivity index (χ4v) is 2.08. The summed E-state index contributed by atoms with van der Waals surface area (Å²) in [6.07, 6.45) is 2.70. The Morgan fingerprint density at radius 2 is 2.11 bits per heavy atom. The predicted molar refractivity (Wildman–Crippen MR) is 82.1 cm³/mol. The first-order valence-corrected chi connectivity index (χ1v) is 7.22. The van der Waals surface area contributed by atoms with Crippen molar-refractivity contribution in [3.05, 3.63) is 28.8 Å². The van der Waals surface area contributed by atoms with Gasteiger partial charge in [0.15, 0.2) is 0 Å². The maximum absolute atomic E-state index is 6.25. The second kappa shape index (κ2) is 8.41. The quantitative estimate of drug-likeness (QED) is 0.746. The Hall–Kier alpha value is -0.770. The average molecular weight is 285 g/mol. The molecule has 0 aliphatic heterocycles. The standard InChI is InChI=1S/C15H25ClN2O/c1-4-12(17)11-13-14(16)7-5-8-15(13)19-10-6-9-18(2)3/h5,7-8,12H,4,6,9-11,17H2,1-3H3. The maximum Gasteiger partial charge on any atom is 0.124 e. The molecule has 1 rings (SSSR count). The summed E-state index contributed by atoms with van der Waals surface area (Å²) >= 11 is 6.25. The van der Waals surface area contributed by atoms with Crippen LogP contribution < -0.4 is 10.5 Å². The minimum atomic E-state index is 0.129. The number of nitrogens with two attached hydrogens (primary N) is 1. The van der Waals surface area contributed by atoms with Gasteiger partial charge in [-0.05, 0) is 45.5 Å². The monoisotopic (exact) mass is 284 g/mol. The molecular weight excluding hydrogens is 260 g/mol. The van der Waals surface area contributed by atoms with E-state index in [1.807, 2.05) is 18.2 Å². The summed E-state index contributed by atoms with van der Waals surface area (Å²) < 4.78 is 5.85. The largest absolute Gasteiger partial charge is 0.493 e. The number of hydrogen-bond donors (Lipinski definition) is 1. The molecule has 19 heavy (non-hydrogen) atoms. The fourth-order valence-electron chi connectivity index (χ4n) is 1.84. The summed E-state index contributed by atoms with van der Waals surface area (Å²) in [7, 11) is 4.12. The molecule has 0 fully saturated rings. The molecule has 4 heteroatoms. The van der Waals surface area contributed by atoms with Crippen LogP contribution in [0.2, 0.25) is 5.02 Å². The van der Waals surface area contributed by atoms with Gasteiger partial charge in [-0.15, -0.1) is 0 Å². The molecule has 0 spiro atoms. The van der Waals surface area contributed by atoms with Gasteiger partial charge >= 0.3 is 0 Å². The lowest BCUT2D eigenvalue weighted by molar-refractivity contribution is 0.279. The van der Waals surface area contributed by atoms with Crippen LogP contribution in [-0.4, -0.2) is 38.2 Å². The summed E-state index contributed by atoms with van der Waals surface area (Å²) in [6, 6.07) is 5.92. The second-order valence-electron chi connectivity index (χ2n) is 5.09. The van der Waals surface area contributed by atoms with Crippen molar-refractivity contribution in [3.63, 3.8) is 0 Å². The van der Waals surface area contributed by atoms with Crippen LogP contribution in [0.25, 0.3) is 0 Å². The zero-order valence-electron chi connectivity index (χ0n) is 12.2. The van der Waals surface area contributed by atoms with Gasteiger partial charge < -0.3 is 15.4 Å². The van der Waals surface area contributed by atoms with E-state index < -0.39 is 0 Å². The number of hydrogen-bond acceptors (Lipinski definition) is 3. The van der Waals surface area contributed by atoms with Crippen LogP contribution >= 0.6 is 11.6 Å². The third kappa shape index (κ3) is 5.81. The molecule has 0 bridgehead atoms. The van der Waals surface area contributed by atoms with E-state index in [9.17, 15) is 0 Å². The number of nitrogens with zero attached hydrogens (tertiary/aromatic N) is 1. The Bertz CT molecular complexity index is 382. The Balaban J connectivity index is 2.63. The molecule has 0 aliphatic carbocycles. The molecule has 0 aromatic heterocycles. The van der Waals surface area contributed by atoms with Gasteiger partial charge in [-0.3, -0.25) is 0 Å². The van der Waals surface area contributed by atoms with E-state index in [4.69, 9.17) is 22.1 Å². The zero-order chi connectivity index (χ0) is 14.3. The van der Waals surface area contributed by atoms with Gasteiger partial charge in [-0.2, -0.15) is 0 Å². The smallest absolute Gasteiger partial charge is 0.124 e. The summed E-state index contributed by atoms with van der Waals surface area (Å²) in [4.78, 5) is 2.15. The molecular formula is C15H25ClN2O. The van der Waals surface area contributed by atoms with Crippen LogP contribution in [0.1, 0.15) is 25.3 Å². The molecule has 3 nitrogen and oxygen atoms in total. The lowest BCUT2D eigenvalue weighted by Gasteiger charge is -2.16. The summed E-state index contributed by atoms with van der Waals surface area (Å²) in [5, 5.41) is 0.744. The first-order chi connectivity index (χ1) is 9.04. The third-order valence-electron chi connectivity index (χ3n) is 3.07. The van der Waals surface area contributed by atoms with Gasteiger partial charge in [-0.25, -0.2) is 0 Å². The van der Waals surface area contributed by atoms with Gasteiger partial charge in [0.05, 0.1) is 6.61 Å². The molecule has 0 heterocycles. The van der Waals surface area contributed by atoms with Crippen molar-refractivity contribution in [2.45, 2.75) is 32.2 Å². The van der Waals surface area contributed by atoms with Crippen LogP contribution in [0, 0.1) is 0 Å². The van der Waals surface area contributed by atoms with E-state index in [1.54, 1.807) is 0 Å². The maximum atomic E-state index is 6.25. The van der Waals surface area contributed by atoms with E-state index in [0.717, 1.165) is 42.1 Å². The van der Waals surface area contributed by atoms with Crippen LogP contribution in [0.5, 0.6) is 5.75 Å². The molecule has 1 aromatic rings. The first kappa shape index (κ1) is 16.3. The van der Waals surface area contributed by atoms with Crippen LogP contribution in [0.15, 0.2) is 18.2 Å². The number of halogens is 1. The molecule has 0 saturated heterocycles. The van der Waals surface area contributed by atoms with E-state index in [0.29, 0.717) is 6.61 Å². The molecule has 0 radical (unpaired) electrons. The van der Waals surface area contributed by atoms with Gasteiger partial charge in [0, 0.05) is 23.2 Å². The third-order valence-corrected chi connectivity index (χ3v) is 3.43. The van der Waals surface area contributed by atoms with Crippen molar-refractivity contribution in [1.29, 1.82) is 0 Å². The Morgan fingerprint density at radius 1 is 1.37 bits per heavy atom. The summed E-state index contributed by atoms with van der Waals surface area (Å²) in [5.74, 6) is 0.871. The Morgan fingerprint density at radius 3 is 2.74 bits per heavy atom. The molecule has 0 amide bonds. The van der Waals surface area contributed by atoms with E-state index in [2.05, 4.69) is 25.9 Å². The topological polar surface area (TPSA) is 38.5 Å². The lowest BCUT2D eigenvalue weighted by atomic mass is 10.0. The van der Waals surface area contributed by atoms with E-state index in [-0.39, 0.29) is 6.04 Å². The highest BCUT2D eigenvalue weighted by Crippen LogP contribution is 2.28. The Kier molecular flexibility index (Phi) is 7.21. The van der Waals surface area contributed by atoms with Crippen molar-refractivity contribution in [2.24, 2.45) is 5.73 Å². The highest BCUT2D eigenvalue weighted by Gasteiger charge is 2.11. The van der Waals surface area contributed by atoms with Crippen molar-refractivity contribution in [2.75, 3.05) is 27.2 Å². The van der Waals surface area contributed by atoms with E-state index >= 15 is 0 Å². The van der Waals surface area contributed by atoms with Crippen molar-refractivity contribution in [1.82, 2.24) is 4.90 Å². The molecule has 0 saturated carbocycles. The summed E-state index contributed by atoms with van der Waals surface area (Å²) in [5.41, 5.74) is 7.05. The van der Waals surface area contributed by atoms with Gasteiger partial charge in [-0.1, -0.05) is 24.6 Å². The molecule has 2 N–H and O–H groups in total. The lowest BCUT2D eigenvalue weighted by Crippen LogP contribution is -2.22. The highest BCUT2D eigenvalue weighted by molar-refractivity contribution is 6.31. The van der Waals surface area contributed by atoms with Crippen LogP contribution in [-0.2, 0) is 6.42 Å². The van der Waals surface area contributed by atoms with Crippen molar-refractivity contribution >= 4 is 11.6 Å². The van der Waals surface area contributed by atoms with Crippen LogP contribution in [0.4, 0.5) is 0 Å². The number of benzene rings is 1. The first-order valence-electron chi connectivity index (χ1n) is 6.85. The van der Waals surface area contributed by atoms with Gasteiger partial charge in [0.1, 0.15) is 5.75 Å². The SMILES string of the molecule is CCC(N)Cc1c(Cl)cccc1OCCCN(C)C. The minimum Gasteiger partial charge on any atom is -0.493 e. The van der Waals surface area contributed by atoms with Crippen molar-refractivity contribution in [3.8, 4) is 5.75 Å². The molecule has 1 aromatic carbocycles. The molecule has 1 atom stereocenters. The average Bonchev–Trinajstić information content (AvgIpc) is 2.37. The zero-order valence-corrected chi connectivity index (χ0v) is 12.9. The molecule has 1 unspecified atom stereocenters. The minimum absolute atomic E-state index is 0.129. The van der Waals surface area contributed by atoms with Gasteiger partial charge in [0.25, 0.3) is 0 Å². The Labute approximate surface area is 121 Å². The van der Waals surface area contributed by atoms with Crippen LogP contribution in [0.3, 0.4) is 0 Å². The normalized spacial score (nSPS) is 12.7. The molecule has 0 aliphatic rings. The van der Waals surface area contributed by atoms with Crippen molar-refractivity contribution < 1.29 is 4.74 Å². The fraction of sp³-hybridized carbons (Fsp3) is 0.600. The summed E-state index contributed by atoms with van der Waals surface area (Å²) in [6.45, 7) is 3.80. The predicted octanol–water partition coefficient (Wildman–Crippen LogP) is 2.95.